The number of benzene rings is 2. The van der Waals surface area contributed by atoms with E-state index in [-0.39, 0.29) is 12.5 Å². The van der Waals surface area contributed by atoms with Crippen molar-refractivity contribution in [1.82, 2.24) is 10.4 Å². The van der Waals surface area contributed by atoms with E-state index in [0.29, 0.717) is 17.2 Å². The molecule has 0 unspecified atom stereocenters. The van der Waals surface area contributed by atoms with Gasteiger partial charge in [-0.15, -0.1) is 0 Å². The summed E-state index contributed by atoms with van der Waals surface area (Å²) in [5.41, 5.74) is 3.11. The van der Waals surface area contributed by atoms with E-state index in [0.717, 1.165) is 10.8 Å². The van der Waals surface area contributed by atoms with Crippen LogP contribution in [0, 0.1) is 0 Å². The first kappa shape index (κ1) is 15.1. The van der Waals surface area contributed by atoms with E-state index >= 15 is 0 Å². The summed E-state index contributed by atoms with van der Waals surface area (Å²) in [6.07, 6.45) is 2.38. The Kier molecular flexibility index (Phi) is 4.00. The average Bonchev–Trinajstić information content (AvgIpc) is 2.66. The van der Waals surface area contributed by atoms with E-state index in [9.17, 15) is 4.79 Å². The number of carbonyl (C=O) groups excluding carboxylic acids is 1. The molecule has 6 heteroatoms. The molecule has 1 atom stereocenters. The third kappa shape index (κ3) is 3.28. The number of hydrogen-bond donors (Lipinski definition) is 1. The highest BCUT2D eigenvalue weighted by Gasteiger charge is 2.27. The Morgan fingerprint density at radius 2 is 1.88 bits per heavy atom. The topological polar surface area (TPSA) is 72.8 Å². The van der Waals surface area contributed by atoms with Crippen molar-refractivity contribution >= 4 is 22.9 Å². The van der Waals surface area contributed by atoms with E-state index in [1.54, 1.807) is 12.3 Å². The van der Waals surface area contributed by atoms with Gasteiger partial charge in [0.15, 0.2) is 11.5 Å². The van der Waals surface area contributed by atoms with Crippen molar-refractivity contribution in [3.05, 3.63) is 66.5 Å². The van der Waals surface area contributed by atoms with Crippen LogP contribution in [0.2, 0.25) is 0 Å². The van der Waals surface area contributed by atoms with Crippen molar-refractivity contribution in [2.75, 3.05) is 6.61 Å². The number of carbonyl (C=O) groups is 1. The van der Waals surface area contributed by atoms with Crippen molar-refractivity contribution in [3.63, 3.8) is 0 Å². The quantitative estimate of drug-likeness (QED) is 0.590. The van der Waals surface area contributed by atoms with Crippen molar-refractivity contribution in [3.8, 4) is 11.5 Å². The maximum Gasteiger partial charge on any atom is 0.284 e. The summed E-state index contributed by atoms with van der Waals surface area (Å²) in [7, 11) is 0. The number of amides is 1. The molecule has 3 aromatic rings. The fraction of sp³-hybridized carbons (Fsp3) is 0.105. The first-order valence-corrected chi connectivity index (χ1v) is 7.86. The summed E-state index contributed by atoms with van der Waals surface area (Å²) in [4.78, 5) is 16.3. The lowest BCUT2D eigenvalue weighted by Crippen LogP contribution is -2.42. The number of nitrogens with one attached hydrogen (secondary N) is 1. The van der Waals surface area contributed by atoms with Crippen LogP contribution in [0.15, 0.2) is 65.9 Å². The van der Waals surface area contributed by atoms with Crippen LogP contribution in [0.1, 0.15) is 5.69 Å². The number of pyridine rings is 1. The normalized spacial score (nSPS) is 16.1. The van der Waals surface area contributed by atoms with Crippen LogP contribution in [0.4, 0.5) is 0 Å². The molecule has 2 aromatic carbocycles. The molecule has 1 aliphatic rings. The van der Waals surface area contributed by atoms with E-state index in [2.05, 4.69) is 15.5 Å². The van der Waals surface area contributed by atoms with Gasteiger partial charge in [-0.2, -0.15) is 5.10 Å². The minimum absolute atomic E-state index is 0.135. The third-order valence-corrected chi connectivity index (χ3v) is 3.82. The molecule has 4 rings (SSSR count). The summed E-state index contributed by atoms with van der Waals surface area (Å²) in [5, 5.41) is 5.99. The largest absolute Gasteiger partial charge is 0.485 e. The number of fused-ring (bicyclic) bond motifs is 2. The lowest BCUT2D eigenvalue weighted by molar-refractivity contribution is -0.130. The van der Waals surface area contributed by atoms with Gasteiger partial charge < -0.3 is 9.47 Å². The van der Waals surface area contributed by atoms with Crippen LogP contribution in [-0.2, 0) is 4.79 Å². The second-order valence-corrected chi connectivity index (χ2v) is 5.55. The van der Waals surface area contributed by atoms with E-state index < -0.39 is 6.10 Å². The Bertz CT molecular complexity index is 941. The highest BCUT2D eigenvalue weighted by Crippen LogP contribution is 2.35. The Morgan fingerprint density at radius 1 is 1.12 bits per heavy atom. The fourth-order valence-corrected chi connectivity index (χ4v) is 2.57. The molecule has 0 bridgehead atoms. The van der Waals surface area contributed by atoms with Gasteiger partial charge in [0.1, 0.15) is 6.61 Å². The first-order valence-electron chi connectivity index (χ1n) is 7.86. The molecular weight excluding hydrogens is 318 g/mol. The maximum atomic E-state index is 12.2. The van der Waals surface area contributed by atoms with Crippen LogP contribution in [0.5, 0.6) is 11.5 Å². The van der Waals surface area contributed by atoms with Gasteiger partial charge in [0, 0.05) is 6.20 Å². The molecule has 0 saturated heterocycles. The molecule has 1 aliphatic heterocycles. The Hall–Kier alpha value is -3.41. The number of hydrazone groups is 1. The molecule has 1 N–H and O–H groups in total. The van der Waals surface area contributed by atoms with Gasteiger partial charge in [0.05, 0.1) is 11.9 Å². The van der Waals surface area contributed by atoms with Crippen LogP contribution >= 0.6 is 0 Å². The second-order valence-electron chi connectivity index (χ2n) is 5.55. The molecule has 0 saturated carbocycles. The number of aromatic nitrogens is 1. The molecular formula is C19H15N3O3. The smallest absolute Gasteiger partial charge is 0.284 e. The Morgan fingerprint density at radius 3 is 2.64 bits per heavy atom. The zero-order chi connectivity index (χ0) is 17.1. The molecule has 0 fully saturated rings. The van der Waals surface area contributed by atoms with Gasteiger partial charge in [0.2, 0.25) is 6.10 Å². The van der Waals surface area contributed by atoms with E-state index in [1.165, 1.54) is 6.21 Å². The third-order valence-electron chi connectivity index (χ3n) is 3.82. The van der Waals surface area contributed by atoms with Crippen molar-refractivity contribution in [2.24, 2.45) is 5.10 Å². The molecule has 0 radical (unpaired) electrons. The Labute approximate surface area is 144 Å². The van der Waals surface area contributed by atoms with E-state index in [1.807, 2.05) is 48.5 Å². The minimum Gasteiger partial charge on any atom is -0.485 e. The Balaban J connectivity index is 1.45. The van der Waals surface area contributed by atoms with Gasteiger partial charge in [-0.05, 0) is 35.0 Å². The maximum absolute atomic E-state index is 12.2. The molecule has 124 valence electrons. The van der Waals surface area contributed by atoms with Crippen LogP contribution in [0.3, 0.4) is 0 Å². The summed E-state index contributed by atoms with van der Waals surface area (Å²) in [5.74, 6) is 0.824. The lowest BCUT2D eigenvalue weighted by atomic mass is 10.1. The summed E-state index contributed by atoms with van der Waals surface area (Å²) >= 11 is 0. The fourth-order valence-electron chi connectivity index (χ4n) is 2.57. The molecule has 0 aliphatic carbocycles. The van der Waals surface area contributed by atoms with Gasteiger partial charge in [-0.3, -0.25) is 9.78 Å². The highest BCUT2D eigenvalue weighted by molar-refractivity contribution is 5.87. The van der Waals surface area contributed by atoms with Gasteiger partial charge in [-0.25, -0.2) is 5.43 Å². The standard InChI is InChI=1S/C19H15N3O3/c23-19(22-21-11-15-7-3-4-8-20-15)18-12-24-16-9-13-5-1-2-6-14(13)10-17(16)25-18/h1-11,18H,12H2,(H,22,23)/b21-11-/t18-/m0/s1. The monoisotopic (exact) mass is 333 g/mol. The highest BCUT2D eigenvalue weighted by atomic mass is 16.6. The number of rotatable bonds is 3. The molecule has 0 spiro atoms. The lowest BCUT2D eigenvalue weighted by Gasteiger charge is -2.25. The van der Waals surface area contributed by atoms with Crippen molar-refractivity contribution in [1.29, 1.82) is 0 Å². The van der Waals surface area contributed by atoms with Crippen LogP contribution in [-0.4, -0.2) is 29.8 Å². The van der Waals surface area contributed by atoms with Gasteiger partial charge >= 0.3 is 0 Å². The SMILES string of the molecule is O=C(N/N=C\c1ccccn1)[C@@H]1COc2cc3ccccc3cc2O1. The second kappa shape index (κ2) is 6.60. The molecule has 25 heavy (non-hydrogen) atoms. The van der Waals surface area contributed by atoms with E-state index in [4.69, 9.17) is 9.47 Å². The predicted molar refractivity (Wildman–Crippen MR) is 93.8 cm³/mol. The molecule has 6 nitrogen and oxygen atoms in total. The van der Waals surface area contributed by atoms with Crippen molar-refractivity contribution < 1.29 is 14.3 Å². The first-order chi connectivity index (χ1) is 12.3. The number of ether oxygens (including phenoxy) is 2. The van der Waals surface area contributed by atoms with Crippen LogP contribution in [0.25, 0.3) is 10.8 Å². The predicted octanol–water partition coefficient (Wildman–Crippen LogP) is 2.52. The average molecular weight is 333 g/mol. The minimum atomic E-state index is -0.755. The zero-order valence-corrected chi connectivity index (χ0v) is 13.3. The summed E-state index contributed by atoms with van der Waals surface area (Å²) < 4.78 is 11.5. The van der Waals surface area contributed by atoms with Crippen LogP contribution < -0.4 is 14.9 Å². The van der Waals surface area contributed by atoms with Gasteiger partial charge in [0.25, 0.3) is 5.91 Å². The summed E-state index contributed by atoms with van der Waals surface area (Å²) in [6.45, 7) is 0.135. The van der Waals surface area contributed by atoms with Crippen molar-refractivity contribution in [2.45, 2.75) is 6.10 Å². The molecule has 1 aromatic heterocycles. The van der Waals surface area contributed by atoms with Gasteiger partial charge in [-0.1, -0.05) is 30.3 Å². The molecule has 2 heterocycles. The molecule has 1 amide bonds. The number of hydrogen-bond acceptors (Lipinski definition) is 5. The zero-order valence-electron chi connectivity index (χ0n) is 13.3. The number of nitrogens with zero attached hydrogens (tertiary/aromatic N) is 2. The summed E-state index contributed by atoms with van der Waals surface area (Å²) in [6, 6.07) is 17.1.